The zero-order valence-electron chi connectivity index (χ0n) is 12.5. The van der Waals surface area contributed by atoms with Gasteiger partial charge in [0.15, 0.2) is 0 Å². The number of nitriles is 1. The van der Waals surface area contributed by atoms with E-state index in [9.17, 15) is 0 Å². The average molecular weight is 280 g/mol. The second-order valence-electron chi connectivity index (χ2n) is 5.05. The average Bonchev–Trinajstić information content (AvgIpc) is 2.55. The van der Waals surface area contributed by atoms with Crippen LogP contribution in [-0.4, -0.2) is 25.1 Å². The Morgan fingerprint density at radius 2 is 1.76 bits per heavy atom. The second kappa shape index (κ2) is 7.47. The SMILES string of the molecule is CC(c1ccccc1)N(C)CCOc1ccc(C#N)cc1. The molecule has 0 saturated carbocycles. The Labute approximate surface area is 126 Å². The Bertz CT molecular complexity index is 587. The Balaban J connectivity index is 1.81. The highest BCUT2D eigenvalue weighted by Crippen LogP contribution is 2.18. The van der Waals surface area contributed by atoms with E-state index in [2.05, 4.69) is 49.2 Å². The summed E-state index contributed by atoms with van der Waals surface area (Å²) in [7, 11) is 2.10. The Morgan fingerprint density at radius 1 is 1.10 bits per heavy atom. The molecule has 0 radical (unpaired) electrons. The molecule has 2 aromatic rings. The quantitative estimate of drug-likeness (QED) is 0.810. The summed E-state index contributed by atoms with van der Waals surface area (Å²) in [4.78, 5) is 2.26. The molecule has 0 fully saturated rings. The van der Waals surface area contributed by atoms with Gasteiger partial charge in [-0.1, -0.05) is 30.3 Å². The standard InChI is InChI=1S/C18H20N2O/c1-15(17-6-4-3-5-7-17)20(2)12-13-21-18-10-8-16(14-19)9-11-18/h3-11,15H,12-13H2,1-2H3. The molecule has 108 valence electrons. The Hall–Kier alpha value is -2.31. The van der Waals surface area contributed by atoms with E-state index in [1.165, 1.54) is 5.56 Å². The summed E-state index contributed by atoms with van der Waals surface area (Å²) < 4.78 is 5.71. The molecule has 2 aromatic carbocycles. The minimum Gasteiger partial charge on any atom is -0.492 e. The highest BCUT2D eigenvalue weighted by Gasteiger charge is 2.10. The van der Waals surface area contributed by atoms with Gasteiger partial charge in [0, 0.05) is 12.6 Å². The van der Waals surface area contributed by atoms with E-state index in [1.807, 2.05) is 18.2 Å². The van der Waals surface area contributed by atoms with Crippen LogP contribution < -0.4 is 4.74 Å². The third-order valence-electron chi connectivity index (χ3n) is 3.64. The normalized spacial score (nSPS) is 11.9. The van der Waals surface area contributed by atoms with E-state index in [0.717, 1.165) is 12.3 Å². The smallest absolute Gasteiger partial charge is 0.119 e. The van der Waals surface area contributed by atoms with Gasteiger partial charge in [0.1, 0.15) is 12.4 Å². The summed E-state index contributed by atoms with van der Waals surface area (Å²) in [6, 6.07) is 20.1. The van der Waals surface area contributed by atoms with Gasteiger partial charge >= 0.3 is 0 Å². The van der Waals surface area contributed by atoms with Crippen molar-refractivity contribution < 1.29 is 4.74 Å². The molecule has 1 atom stereocenters. The van der Waals surface area contributed by atoms with Gasteiger partial charge in [-0.2, -0.15) is 5.26 Å². The van der Waals surface area contributed by atoms with Gasteiger partial charge in [0.05, 0.1) is 11.6 Å². The monoisotopic (exact) mass is 280 g/mol. The fourth-order valence-corrected chi connectivity index (χ4v) is 2.11. The van der Waals surface area contributed by atoms with E-state index in [0.29, 0.717) is 18.2 Å². The van der Waals surface area contributed by atoms with Crippen LogP contribution in [0.1, 0.15) is 24.1 Å². The molecule has 0 aliphatic carbocycles. The number of hydrogen-bond acceptors (Lipinski definition) is 3. The number of likely N-dealkylation sites (N-methyl/N-ethyl adjacent to an activating group) is 1. The number of nitrogens with zero attached hydrogens (tertiary/aromatic N) is 2. The summed E-state index contributed by atoms with van der Waals surface area (Å²) in [5, 5.41) is 8.75. The number of rotatable bonds is 6. The van der Waals surface area contributed by atoms with Gasteiger partial charge in [-0.3, -0.25) is 4.90 Å². The van der Waals surface area contributed by atoms with Crippen molar-refractivity contribution in [2.75, 3.05) is 20.2 Å². The first-order chi connectivity index (χ1) is 10.2. The fourth-order valence-electron chi connectivity index (χ4n) is 2.11. The van der Waals surface area contributed by atoms with Gasteiger partial charge in [-0.05, 0) is 43.8 Å². The fraction of sp³-hybridized carbons (Fsp3) is 0.278. The number of hydrogen-bond donors (Lipinski definition) is 0. The van der Waals surface area contributed by atoms with Gasteiger partial charge < -0.3 is 4.74 Å². The first-order valence-corrected chi connectivity index (χ1v) is 7.09. The Kier molecular flexibility index (Phi) is 5.36. The molecule has 1 unspecified atom stereocenters. The summed E-state index contributed by atoms with van der Waals surface area (Å²) in [5.74, 6) is 0.801. The summed E-state index contributed by atoms with van der Waals surface area (Å²) in [6.45, 7) is 3.66. The third kappa shape index (κ3) is 4.34. The largest absolute Gasteiger partial charge is 0.492 e. The van der Waals surface area contributed by atoms with Gasteiger partial charge in [0.2, 0.25) is 0 Å². The van der Waals surface area contributed by atoms with Crippen LogP contribution in [0, 0.1) is 11.3 Å². The molecule has 21 heavy (non-hydrogen) atoms. The first kappa shape index (κ1) is 15.1. The van der Waals surface area contributed by atoms with Crippen LogP contribution in [0.25, 0.3) is 0 Å². The van der Waals surface area contributed by atoms with Crippen LogP contribution >= 0.6 is 0 Å². The molecular formula is C18H20N2O. The molecule has 0 N–H and O–H groups in total. The van der Waals surface area contributed by atoms with Crippen molar-refractivity contribution in [1.29, 1.82) is 5.26 Å². The molecule has 0 amide bonds. The van der Waals surface area contributed by atoms with Crippen LogP contribution in [0.4, 0.5) is 0 Å². The predicted molar refractivity (Wildman–Crippen MR) is 84.1 cm³/mol. The molecule has 0 heterocycles. The van der Waals surface area contributed by atoms with Crippen LogP contribution in [0.15, 0.2) is 54.6 Å². The van der Waals surface area contributed by atoms with E-state index in [4.69, 9.17) is 10.00 Å². The maximum atomic E-state index is 8.75. The van der Waals surface area contributed by atoms with E-state index in [-0.39, 0.29) is 0 Å². The van der Waals surface area contributed by atoms with Crippen molar-refractivity contribution in [3.8, 4) is 11.8 Å². The zero-order valence-corrected chi connectivity index (χ0v) is 12.5. The van der Waals surface area contributed by atoms with E-state index >= 15 is 0 Å². The van der Waals surface area contributed by atoms with Crippen molar-refractivity contribution in [2.45, 2.75) is 13.0 Å². The molecular weight excluding hydrogens is 260 g/mol. The molecule has 0 bridgehead atoms. The van der Waals surface area contributed by atoms with Crippen LogP contribution in [0.3, 0.4) is 0 Å². The Morgan fingerprint density at radius 3 is 2.38 bits per heavy atom. The maximum absolute atomic E-state index is 8.75. The molecule has 0 aliphatic rings. The first-order valence-electron chi connectivity index (χ1n) is 7.09. The topological polar surface area (TPSA) is 36.3 Å². The molecule has 0 aliphatic heterocycles. The van der Waals surface area contributed by atoms with Gasteiger partial charge in [0.25, 0.3) is 0 Å². The lowest BCUT2D eigenvalue weighted by atomic mass is 10.1. The highest BCUT2D eigenvalue weighted by atomic mass is 16.5. The van der Waals surface area contributed by atoms with Gasteiger partial charge in [-0.15, -0.1) is 0 Å². The van der Waals surface area contributed by atoms with Gasteiger partial charge in [-0.25, -0.2) is 0 Å². The molecule has 0 saturated heterocycles. The van der Waals surface area contributed by atoms with Crippen LogP contribution in [0.2, 0.25) is 0 Å². The summed E-state index contributed by atoms with van der Waals surface area (Å²) in [5.41, 5.74) is 1.95. The van der Waals surface area contributed by atoms with Crippen LogP contribution in [-0.2, 0) is 0 Å². The minimum absolute atomic E-state index is 0.357. The van der Waals surface area contributed by atoms with Crippen molar-refractivity contribution in [2.24, 2.45) is 0 Å². The minimum atomic E-state index is 0.357. The number of benzene rings is 2. The third-order valence-corrected chi connectivity index (χ3v) is 3.64. The van der Waals surface area contributed by atoms with Crippen LogP contribution in [0.5, 0.6) is 5.75 Å². The predicted octanol–water partition coefficient (Wildman–Crippen LogP) is 3.63. The summed E-state index contributed by atoms with van der Waals surface area (Å²) in [6.07, 6.45) is 0. The molecule has 0 aromatic heterocycles. The van der Waals surface area contributed by atoms with E-state index < -0.39 is 0 Å². The lowest BCUT2D eigenvalue weighted by Crippen LogP contribution is -2.27. The number of ether oxygens (including phenoxy) is 1. The second-order valence-corrected chi connectivity index (χ2v) is 5.05. The maximum Gasteiger partial charge on any atom is 0.119 e. The van der Waals surface area contributed by atoms with Crippen molar-refractivity contribution >= 4 is 0 Å². The molecule has 3 heteroatoms. The molecule has 3 nitrogen and oxygen atoms in total. The van der Waals surface area contributed by atoms with Crippen molar-refractivity contribution in [1.82, 2.24) is 4.90 Å². The van der Waals surface area contributed by atoms with Crippen molar-refractivity contribution in [3.63, 3.8) is 0 Å². The molecule has 0 spiro atoms. The lowest BCUT2D eigenvalue weighted by molar-refractivity contribution is 0.201. The highest BCUT2D eigenvalue weighted by molar-refractivity contribution is 5.34. The molecule has 2 rings (SSSR count). The zero-order chi connectivity index (χ0) is 15.1. The lowest BCUT2D eigenvalue weighted by Gasteiger charge is -2.25. The van der Waals surface area contributed by atoms with E-state index in [1.54, 1.807) is 12.1 Å². The van der Waals surface area contributed by atoms with Crippen molar-refractivity contribution in [3.05, 3.63) is 65.7 Å². The summed E-state index contributed by atoms with van der Waals surface area (Å²) >= 11 is 0.